The molecule has 1 amide bonds. The maximum atomic E-state index is 12.0. The second kappa shape index (κ2) is 6.71. The number of nitrogens with one attached hydrogen (secondary N) is 1. The van der Waals surface area contributed by atoms with Crippen molar-refractivity contribution in [1.29, 1.82) is 0 Å². The molecule has 1 heterocycles. The van der Waals surface area contributed by atoms with Crippen molar-refractivity contribution in [1.82, 2.24) is 10.2 Å². The fourth-order valence-corrected chi connectivity index (χ4v) is 2.64. The summed E-state index contributed by atoms with van der Waals surface area (Å²) in [5.74, 6) is 0.225. The first-order valence-electron chi connectivity index (χ1n) is 7.32. The van der Waals surface area contributed by atoms with Crippen LogP contribution >= 0.6 is 0 Å². The van der Waals surface area contributed by atoms with E-state index in [1.165, 1.54) is 30.4 Å². The molecule has 1 N–H and O–H groups in total. The number of benzene rings is 1. The Morgan fingerprint density at radius 2 is 2.16 bits per heavy atom. The monoisotopic (exact) mass is 260 g/mol. The maximum Gasteiger partial charge on any atom is 0.238 e. The number of unbranched alkanes of at least 4 members (excludes halogenated alkanes) is 3. The Hall–Kier alpha value is -1.35. The molecule has 2 rings (SSSR count). The van der Waals surface area contributed by atoms with Crippen LogP contribution in [0.1, 0.15) is 49.9 Å². The normalized spacial score (nSPS) is 19.2. The lowest BCUT2D eigenvalue weighted by molar-refractivity contribution is -0.128. The third-order valence-electron chi connectivity index (χ3n) is 3.69. The number of hydrogen-bond acceptors (Lipinski definition) is 2. The summed E-state index contributed by atoms with van der Waals surface area (Å²) in [6, 6.07) is 8.41. The van der Waals surface area contributed by atoms with E-state index in [1.54, 1.807) is 0 Å². The third-order valence-corrected chi connectivity index (χ3v) is 3.69. The minimum Gasteiger partial charge on any atom is -0.322 e. The van der Waals surface area contributed by atoms with Gasteiger partial charge >= 0.3 is 0 Å². The van der Waals surface area contributed by atoms with Crippen LogP contribution in [-0.4, -0.2) is 23.9 Å². The second-order valence-electron chi connectivity index (χ2n) is 5.35. The molecule has 0 aromatic heterocycles. The van der Waals surface area contributed by atoms with Gasteiger partial charge in [0, 0.05) is 6.54 Å². The molecule has 1 atom stereocenters. The van der Waals surface area contributed by atoms with Gasteiger partial charge in [0.05, 0.1) is 6.54 Å². The highest BCUT2D eigenvalue weighted by Crippen LogP contribution is 2.23. The summed E-state index contributed by atoms with van der Waals surface area (Å²) < 4.78 is 0. The van der Waals surface area contributed by atoms with E-state index >= 15 is 0 Å². The van der Waals surface area contributed by atoms with Gasteiger partial charge in [-0.1, -0.05) is 56.0 Å². The summed E-state index contributed by atoms with van der Waals surface area (Å²) in [6.45, 7) is 5.63. The molecule has 1 aliphatic heterocycles. The van der Waals surface area contributed by atoms with E-state index in [1.807, 2.05) is 4.90 Å². The lowest BCUT2D eigenvalue weighted by atomic mass is 10.1. The van der Waals surface area contributed by atoms with Crippen LogP contribution in [0.2, 0.25) is 0 Å². The molecule has 19 heavy (non-hydrogen) atoms. The summed E-state index contributed by atoms with van der Waals surface area (Å²) in [5.41, 5.74) is 2.44. The van der Waals surface area contributed by atoms with Gasteiger partial charge in [-0.25, -0.2) is 0 Å². The van der Waals surface area contributed by atoms with E-state index in [-0.39, 0.29) is 12.1 Å². The number of amides is 1. The molecule has 1 aromatic carbocycles. The molecule has 0 spiro atoms. The van der Waals surface area contributed by atoms with Gasteiger partial charge in [0.15, 0.2) is 0 Å². The zero-order valence-electron chi connectivity index (χ0n) is 12.0. The van der Waals surface area contributed by atoms with Gasteiger partial charge in [0.25, 0.3) is 0 Å². The largest absolute Gasteiger partial charge is 0.322 e. The number of rotatable bonds is 6. The molecule has 1 aliphatic rings. The maximum absolute atomic E-state index is 12.0. The summed E-state index contributed by atoms with van der Waals surface area (Å²) in [6.07, 6.45) is 4.86. The zero-order valence-corrected chi connectivity index (χ0v) is 12.0. The zero-order chi connectivity index (χ0) is 13.7. The SMILES string of the molecule is CCCCCCN1C(=O)CNC1c1cccc(C)c1. The summed E-state index contributed by atoms with van der Waals surface area (Å²) in [5, 5.41) is 3.32. The van der Waals surface area contributed by atoms with Crippen LogP contribution in [0.3, 0.4) is 0 Å². The molecule has 0 radical (unpaired) electrons. The Labute approximate surface area is 116 Å². The van der Waals surface area contributed by atoms with Gasteiger partial charge < -0.3 is 4.90 Å². The van der Waals surface area contributed by atoms with Crippen molar-refractivity contribution in [2.24, 2.45) is 0 Å². The first kappa shape index (κ1) is 14.1. The van der Waals surface area contributed by atoms with Crippen molar-refractivity contribution in [3.8, 4) is 0 Å². The molecule has 3 heteroatoms. The average molecular weight is 260 g/mol. The van der Waals surface area contributed by atoms with E-state index in [9.17, 15) is 4.79 Å². The molecule has 0 bridgehead atoms. The molecule has 1 aromatic rings. The highest BCUT2D eigenvalue weighted by Gasteiger charge is 2.30. The fourth-order valence-electron chi connectivity index (χ4n) is 2.64. The van der Waals surface area contributed by atoms with E-state index in [4.69, 9.17) is 0 Å². The van der Waals surface area contributed by atoms with Crippen LogP contribution in [0.15, 0.2) is 24.3 Å². The van der Waals surface area contributed by atoms with Crippen LogP contribution in [0.25, 0.3) is 0 Å². The summed E-state index contributed by atoms with van der Waals surface area (Å²) in [4.78, 5) is 14.0. The van der Waals surface area contributed by atoms with E-state index in [0.29, 0.717) is 6.54 Å². The van der Waals surface area contributed by atoms with Crippen LogP contribution < -0.4 is 5.32 Å². The molecule has 1 unspecified atom stereocenters. The minimum atomic E-state index is 0.0639. The number of hydrogen-bond donors (Lipinski definition) is 1. The first-order chi connectivity index (χ1) is 9.22. The van der Waals surface area contributed by atoms with E-state index < -0.39 is 0 Å². The third kappa shape index (κ3) is 3.57. The number of nitrogens with zero attached hydrogens (tertiary/aromatic N) is 1. The van der Waals surface area contributed by atoms with Crippen molar-refractivity contribution in [2.75, 3.05) is 13.1 Å². The van der Waals surface area contributed by atoms with E-state index in [2.05, 4.69) is 43.4 Å². The van der Waals surface area contributed by atoms with Crippen molar-refractivity contribution in [2.45, 2.75) is 45.7 Å². The van der Waals surface area contributed by atoms with Crippen LogP contribution in [0.5, 0.6) is 0 Å². The highest BCUT2D eigenvalue weighted by atomic mass is 16.2. The van der Waals surface area contributed by atoms with E-state index in [0.717, 1.165) is 13.0 Å². The van der Waals surface area contributed by atoms with Gasteiger partial charge in [0.1, 0.15) is 6.17 Å². The molecule has 0 saturated carbocycles. The van der Waals surface area contributed by atoms with Crippen molar-refractivity contribution >= 4 is 5.91 Å². The standard InChI is InChI=1S/C16H24N2O/c1-3-4-5-6-10-18-15(19)12-17-16(18)14-9-7-8-13(2)11-14/h7-9,11,16-17H,3-6,10,12H2,1-2H3. The number of carbonyl (C=O) groups is 1. The number of carbonyl (C=O) groups excluding carboxylic acids is 1. The second-order valence-corrected chi connectivity index (χ2v) is 5.35. The quantitative estimate of drug-likeness (QED) is 0.797. The summed E-state index contributed by atoms with van der Waals surface area (Å²) in [7, 11) is 0. The molecule has 3 nitrogen and oxygen atoms in total. The molecule has 1 fully saturated rings. The van der Waals surface area contributed by atoms with Crippen molar-refractivity contribution in [3.05, 3.63) is 35.4 Å². The first-order valence-corrected chi connectivity index (χ1v) is 7.32. The predicted molar refractivity (Wildman–Crippen MR) is 77.8 cm³/mol. The Morgan fingerprint density at radius 1 is 1.32 bits per heavy atom. The minimum absolute atomic E-state index is 0.0639. The van der Waals surface area contributed by atoms with Gasteiger partial charge in [-0.05, 0) is 18.9 Å². The van der Waals surface area contributed by atoms with Gasteiger partial charge in [-0.3, -0.25) is 10.1 Å². The van der Waals surface area contributed by atoms with Gasteiger partial charge in [-0.2, -0.15) is 0 Å². The number of aryl methyl sites for hydroxylation is 1. The van der Waals surface area contributed by atoms with Crippen LogP contribution in [0, 0.1) is 6.92 Å². The van der Waals surface area contributed by atoms with Crippen molar-refractivity contribution < 1.29 is 4.79 Å². The Morgan fingerprint density at radius 3 is 2.89 bits per heavy atom. The van der Waals surface area contributed by atoms with Crippen LogP contribution in [0.4, 0.5) is 0 Å². The molecular weight excluding hydrogens is 236 g/mol. The Balaban J connectivity index is 2.00. The fraction of sp³-hybridized carbons (Fsp3) is 0.562. The van der Waals surface area contributed by atoms with Gasteiger partial charge in [-0.15, -0.1) is 0 Å². The Bertz CT molecular complexity index is 431. The highest BCUT2D eigenvalue weighted by molar-refractivity contribution is 5.80. The molecular formula is C16H24N2O. The summed E-state index contributed by atoms with van der Waals surface area (Å²) >= 11 is 0. The lowest BCUT2D eigenvalue weighted by Gasteiger charge is -2.25. The van der Waals surface area contributed by atoms with Crippen molar-refractivity contribution in [3.63, 3.8) is 0 Å². The van der Waals surface area contributed by atoms with Gasteiger partial charge in [0.2, 0.25) is 5.91 Å². The smallest absolute Gasteiger partial charge is 0.238 e. The topological polar surface area (TPSA) is 32.3 Å². The Kier molecular flexibility index (Phi) is 4.97. The van der Waals surface area contributed by atoms with Crippen LogP contribution in [-0.2, 0) is 4.79 Å². The average Bonchev–Trinajstić information content (AvgIpc) is 2.76. The lowest BCUT2D eigenvalue weighted by Crippen LogP contribution is -2.31. The predicted octanol–water partition coefficient (Wildman–Crippen LogP) is 3.01. The molecule has 1 saturated heterocycles. The molecule has 104 valence electrons. The molecule has 0 aliphatic carbocycles.